The summed E-state index contributed by atoms with van der Waals surface area (Å²) in [4.78, 5) is 6.25. The molecule has 4 nitrogen and oxygen atoms in total. The Hall–Kier alpha value is -4.10. The van der Waals surface area contributed by atoms with Gasteiger partial charge in [0.1, 0.15) is 6.07 Å². The number of aromatic nitrogens is 1. The number of pyridine rings is 1. The summed E-state index contributed by atoms with van der Waals surface area (Å²) in [6, 6.07) is 28.3. The summed E-state index contributed by atoms with van der Waals surface area (Å²) in [5.74, 6) is 1.63. The fourth-order valence-corrected chi connectivity index (χ4v) is 3.53. The monoisotopic (exact) mass is 361 g/mol. The molecule has 0 bridgehead atoms. The summed E-state index contributed by atoms with van der Waals surface area (Å²) in [5.41, 5.74) is 5.36. The second kappa shape index (κ2) is 6.57. The van der Waals surface area contributed by atoms with Gasteiger partial charge in [-0.15, -0.1) is 0 Å². The Bertz CT molecular complexity index is 1180. The lowest BCUT2D eigenvalue weighted by molar-refractivity contribution is 0.477. The SMILES string of the molecule is N#Cc1cnccc1-c1cccc(N2c3ccccc3Oc3ccccc32)c1. The fourth-order valence-electron chi connectivity index (χ4n) is 3.53. The number of benzene rings is 3. The topological polar surface area (TPSA) is 49.2 Å². The lowest BCUT2D eigenvalue weighted by Gasteiger charge is -2.33. The van der Waals surface area contributed by atoms with Crippen molar-refractivity contribution in [1.29, 1.82) is 5.26 Å². The Morgan fingerprint density at radius 1 is 0.821 bits per heavy atom. The predicted octanol–water partition coefficient (Wildman–Crippen LogP) is 6.20. The molecule has 5 rings (SSSR count). The van der Waals surface area contributed by atoms with E-state index in [0.717, 1.165) is 39.7 Å². The van der Waals surface area contributed by atoms with Crippen LogP contribution in [0.25, 0.3) is 11.1 Å². The highest BCUT2D eigenvalue weighted by Gasteiger charge is 2.25. The molecule has 3 aromatic carbocycles. The van der Waals surface area contributed by atoms with Crippen LogP contribution in [0.3, 0.4) is 0 Å². The van der Waals surface area contributed by atoms with Crippen molar-refractivity contribution in [3.8, 4) is 28.7 Å². The molecular weight excluding hydrogens is 346 g/mol. The third-order valence-electron chi connectivity index (χ3n) is 4.79. The van der Waals surface area contributed by atoms with Gasteiger partial charge in [0.2, 0.25) is 0 Å². The highest BCUT2D eigenvalue weighted by molar-refractivity contribution is 5.87. The number of para-hydroxylation sites is 4. The minimum Gasteiger partial charge on any atom is -0.453 e. The maximum absolute atomic E-state index is 9.44. The third kappa shape index (κ3) is 2.58. The summed E-state index contributed by atoms with van der Waals surface area (Å²) in [6.45, 7) is 0. The Balaban J connectivity index is 1.70. The maximum Gasteiger partial charge on any atom is 0.151 e. The van der Waals surface area contributed by atoms with Crippen molar-refractivity contribution in [1.82, 2.24) is 4.98 Å². The smallest absolute Gasteiger partial charge is 0.151 e. The summed E-state index contributed by atoms with van der Waals surface area (Å²) < 4.78 is 6.09. The highest BCUT2D eigenvalue weighted by atomic mass is 16.5. The molecule has 0 unspecified atom stereocenters. The molecule has 0 saturated heterocycles. The molecule has 1 aliphatic heterocycles. The molecule has 0 saturated carbocycles. The van der Waals surface area contributed by atoms with Gasteiger partial charge in [-0.05, 0) is 48.0 Å². The Morgan fingerprint density at radius 2 is 1.54 bits per heavy atom. The molecule has 4 heteroatoms. The number of nitrogens with zero attached hydrogens (tertiary/aromatic N) is 3. The van der Waals surface area contributed by atoms with E-state index in [9.17, 15) is 5.26 Å². The average molecular weight is 361 g/mol. The number of ether oxygens (including phenoxy) is 1. The van der Waals surface area contributed by atoms with Crippen LogP contribution in [-0.2, 0) is 0 Å². The van der Waals surface area contributed by atoms with Gasteiger partial charge in [-0.1, -0.05) is 36.4 Å². The molecule has 0 fully saturated rings. The van der Waals surface area contributed by atoms with Crippen molar-refractivity contribution in [2.75, 3.05) is 4.90 Å². The van der Waals surface area contributed by atoms with E-state index in [0.29, 0.717) is 5.56 Å². The predicted molar refractivity (Wildman–Crippen MR) is 109 cm³/mol. The summed E-state index contributed by atoms with van der Waals surface area (Å²) in [7, 11) is 0. The van der Waals surface area contributed by atoms with Crippen LogP contribution < -0.4 is 9.64 Å². The molecule has 0 spiro atoms. The number of rotatable bonds is 2. The zero-order chi connectivity index (χ0) is 18.9. The van der Waals surface area contributed by atoms with Crippen LogP contribution >= 0.6 is 0 Å². The number of hydrogen-bond acceptors (Lipinski definition) is 4. The number of nitriles is 1. The van der Waals surface area contributed by atoms with Crippen LogP contribution in [0, 0.1) is 11.3 Å². The number of hydrogen-bond donors (Lipinski definition) is 0. The van der Waals surface area contributed by atoms with Gasteiger partial charge in [0, 0.05) is 23.6 Å². The van der Waals surface area contributed by atoms with Crippen LogP contribution in [0.5, 0.6) is 11.5 Å². The van der Waals surface area contributed by atoms with Crippen molar-refractivity contribution in [3.63, 3.8) is 0 Å². The van der Waals surface area contributed by atoms with Crippen molar-refractivity contribution in [2.24, 2.45) is 0 Å². The van der Waals surface area contributed by atoms with E-state index in [1.54, 1.807) is 12.4 Å². The minimum absolute atomic E-state index is 0.558. The number of anilines is 3. The first-order chi connectivity index (χ1) is 13.8. The van der Waals surface area contributed by atoms with E-state index < -0.39 is 0 Å². The average Bonchev–Trinajstić information content (AvgIpc) is 2.77. The molecule has 2 heterocycles. The van der Waals surface area contributed by atoms with Crippen LogP contribution in [-0.4, -0.2) is 4.98 Å². The zero-order valence-electron chi connectivity index (χ0n) is 14.9. The molecule has 132 valence electrons. The molecule has 0 amide bonds. The second-order valence-electron chi connectivity index (χ2n) is 6.46. The first-order valence-electron chi connectivity index (χ1n) is 8.96. The van der Waals surface area contributed by atoms with Crippen LogP contribution in [0.15, 0.2) is 91.3 Å². The van der Waals surface area contributed by atoms with Gasteiger partial charge in [-0.3, -0.25) is 4.98 Å². The van der Waals surface area contributed by atoms with Crippen LogP contribution in [0.1, 0.15) is 5.56 Å². The zero-order valence-corrected chi connectivity index (χ0v) is 14.9. The maximum atomic E-state index is 9.44. The number of fused-ring (bicyclic) bond motifs is 2. The molecule has 4 aromatic rings. The molecule has 0 atom stereocenters. The summed E-state index contributed by atoms with van der Waals surface area (Å²) in [6.07, 6.45) is 3.31. The molecule has 1 aromatic heterocycles. The van der Waals surface area contributed by atoms with E-state index in [-0.39, 0.29) is 0 Å². The van der Waals surface area contributed by atoms with Gasteiger partial charge < -0.3 is 9.64 Å². The molecule has 0 aliphatic carbocycles. The molecule has 0 N–H and O–H groups in total. The lowest BCUT2D eigenvalue weighted by atomic mass is 10.0. The lowest BCUT2D eigenvalue weighted by Crippen LogP contribution is -2.15. The highest BCUT2D eigenvalue weighted by Crippen LogP contribution is 2.50. The van der Waals surface area contributed by atoms with Gasteiger partial charge >= 0.3 is 0 Å². The van der Waals surface area contributed by atoms with E-state index >= 15 is 0 Å². The van der Waals surface area contributed by atoms with E-state index in [1.165, 1.54) is 0 Å². The summed E-state index contributed by atoms with van der Waals surface area (Å²) in [5, 5.41) is 9.44. The van der Waals surface area contributed by atoms with Crippen molar-refractivity contribution >= 4 is 17.1 Å². The van der Waals surface area contributed by atoms with Crippen molar-refractivity contribution < 1.29 is 4.74 Å². The van der Waals surface area contributed by atoms with E-state index in [4.69, 9.17) is 4.74 Å². The van der Waals surface area contributed by atoms with Crippen molar-refractivity contribution in [3.05, 3.63) is 96.8 Å². The minimum atomic E-state index is 0.558. The normalized spacial score (nSPS) is 11.8. The van der Waals surface area contributed by atoms with E-state index in [2.05, 4.69) is 28.1 Å². The Kier molecular flexibility index (Phi) is 3.78. The molecular formula is C24H15N3O. The first-order valence-corrected chi connectivity index (χ1v) is 8.96. The van der Waals surface area contributed by atoms with Crippen molar-refractivity contribution in [2.45, 2.75) is 0 Å². The fraction of sp³-hybridized carbons (Fsp3) is 0. The van der Waals surface area contributed by atoms with Gasteiger partial charge in [-0.2, -0.15) is 5.26 Å². The van der Waals surface area contributed by atoms with Gasteiger partial charge in [0.25, 0.3) is 0 Å². The largest absolute Gasteiger partial charge is 0.453 e. The van der Waals surface area contributed by atoms with Gasteiger partial charge in [0.05, 0.1) is 16.9 Å². The van der Waals surface area contributed by atoms with Gasteiger partial charge in [-0.25, -0.2) is 0 Å². The van der Waals surface area contributed by atoms with Crippen LogP contribution in [0.4, 0.5) is 17.1 Å². The molecule has 28 heavy (non-hydrogen) atoms. The molecule has 1 aliphatic rings. The standard InChI is InChI=1S/C24H15N3O/c25-15-18-16-26-13-12-20(18)17-6-5-7-19(14-17)27-21-8-1-3-10-23(21)28-24-11-4-2-9-22(24)27/h1-14,16H. The Morgan fingerprint density at radius 3 is 2.25 bits per heavy atom. The quantitative estimate of drug-likeness (QED) is 0.376. The third-order valence-corrected chi connectivity index (χ3v) is 4.79. The van der Waals surface area contributed by atoms with Crippen LogP contribution in [0.2, 0.25) is 0 Å². The Labute approximate surface area is 162 Å². The second-order valence-corrected chi connectivity index (χ2v) is 6.46. The first kappa shape index (κ1) is 16.1. The van der Waals surface area contributed by atoms with E-state index in [1.807, 2.05) is 66.7 Å². The summed E-state index contributed by atoms with van der Waals surface area (Å²) >= 11 is 0. The molecule has 0 radical (unpaired) electrons. The van der Waals surface area contributed by atoms with Gasteiger partial charge in [0.15, 0.2) is 11.5 Å².